The molecule has 0 bridgehead atoms. The van der Waals surface area contributed by atoms with E-state index in [-0.39, 0.29) is 28.2 Å². The zero-order valence-electron chi connectivity index (χ0n) is 13.4. The zero-order chi connectivity index (χ0) is 19.3. The van der Waals surface area contributed by atoms with Gasteiger partial charge < -0.3 is 10.8 Å². The van der Waals surface area contributed by atoms with E-state index in [9.17, 15) is 24.3 Å². The highest BCUT2D eigenvalue weighted by Gasteiger charge is 2.32. The molecule has 0 aliphatic carbocycles. The molecule has 2 amide bonds. The lowest BCUT2D eigenvalue weighted by molar-refractivity contribution is 0.0696. The van der Waals surface area contributed by atoms with E-state index < -0.39 is 23.3 Å². The predicted molar refractivity (Wildman–Crippen MR) is 90.1 cm³/mol. The number of hydrogen-bond acceptors (Lipinski definition) is 7. The number of rotatable bonds is 3. The van der Waals surface area contributed by atoms with E-state index in [4.69, 9.17) is 5.73 Å². The summed E-state index contributed by atoms with van der Waals surface area (Å²) in [6, 6.07) is 5.13. The molecule has 3 heterocycles. The van der Waals surface area contributed by atoms with Crippen molar-refractivity contribution in [3.63, 3.8) is 0 Å². The fourth-order valence-electron chi connectivity index (χ4n) is 2.91. The van der Waals surface area contributed by atoms with Crippen molar-refractivity contribution in [3.8, 4) is 11.4 Å². The number of aromatic nitrogens is 4. The molecule has 0 spiro atoms. The number of carbonyl (C=O) groups is 3. The zero-order valence-corrected chi connectivity index (χ0v) is 13.4. The number of carboxylic acid groups (broad SMARTS) is 1. The predicted octanol–water partition coefficient (Wildman–Crippen LogP) is -0.418. The highest BCUT2D eigenvalue weighted by molar-refractivity contribution is 6.23. The molecule has 0 unspecified atom stereocenters. The van der Waals surface area contributed by atoms with Gasteiger partial charge in [0.2, 0.25) is 0 Å². The lowest BCUT2D eigenvalue weighted by atomic mass is 10.1. The van der Waals surface area contributed by atoms with Crippen LogP contribution in [0.3, 0.4) is 0 Å². The molecule has 2 aromatic heterocycles. The lowest BCUT2D eigenvalue weighted by Crippen LogP contribution is -2.25. The van der Waals surface area contributed by atoms with Gasteiger partial charge in [-0.15, -0.1) is 10.2 Å². The van der Waals surface area contributed by atoms with Gasteiger partial charge in [0, 0.05) is 6.07 Å². The van der Waals surface area contributed by atoms with E-state index in [1.54, 1.807) is 0 Å². The van der Waals surface area contributed by atoms with Crippen molar-refractivity contribution in [1.29, 1.82) is 0 Å². The van der Waals surface area contributed by atoms with Crippen molar-refractivity contribution >= 4 is 23.6 Å². The van der Waals surface area contributed by atoms with Crippen LogP contribution in [0.1, 0.15) is 31.1 Å². The smallest absolute Gasteiger partial charge is 0.337 e. The number of nitrogens with zero attached hydrogens (tertiary/aromatic N) is 4. The highest BCUT2D eigenvalue weighted by atomic mass is 16.4. The van der Waals surface area contributed by atoms with Gasteiger partial charge in [-0.1, -0.05) is 0 Å². The summed E-state index contributed by atoms with van der Waals surface area (Å²) in [6.45, 7) is 0. The first kappa shape index (κ1) is 16.2. The lowest BCUT2D eigenvalue weighted by Gasteiger charge is -2.15. The maximum absolute atomic E-state index is 12.6. The molecule has 134 valence electrons. The van der Waals surface area contributed by atoms with E-state index >= 15 is 0 Å². The van der Waals surface area contributed by atoms with Gasteiger partial charge in [-0.3, -0.25) is 28.8 Å². The number of nitrogens with two attached hydrogens (primary N) is 1. The third kappa shape index (κ3) is 2.37. The van der Waals surface area contributed by atoms with Gasteiger partial charge in [-0.25, -0.2) is 4.79 Å². The third-order valence-electron chi connectivity index (χ3n) is 4.12. The van der Waals surface area contributed by atoms with Crippen LogP contribution in [-0.2, 0) is 0 Å². The Bertz CT molecular complexity index is 1190. The number of carbonyl (C=O) groups excluding carboxylic acids is 2. The van der Waals surface area contributed by atoms with Crippen LogP contribution in [0.2, 0.25) is 0 Å². The molecule has 11 nitrogen and oxygen atoms in total. The monoisotopic (exact) mass is 366 g/mol. The SMILES string of the molecule is Nc1c2c(cc(=O)n1-c1cc(-n3cnnc3)ccc1C(=O)O)C(=O)NC2=O. The van der Waals surface area contributed by atoms with Gasteiger partial charge in [0.05, 0.1) is 28.1 Å². The number of benzene rings is 1. The second-order valence-electron chi connectivity index (χ2n) is 5.65. The number of fused-ring (bicyclic) bond motifs is 1. The van der Waals surface area contributed by atoms with Gasteiger partial charge in [0.1, 0.15) is 18.5 Å². The summed E-state index contributed by atoms with van der Waals surface area (Å²) in [7, 11) is 0. The molecule has 0 radical (unpaired) electrons. The van der Waals surface area contributed by atoms with Crippen LogP contribution in [0.5, 0.6) is 0 Å². The molecule has 27 heavy (non-hydrogen) atoms. The minimum Gasteiger partial charge on any atom is -0.478 e. The molecule has 1 aliphatic heterocycles. The van der Waals surface area contributed by atoms with Crippen LogP contribution in [-0.4, -0.2) is 42.2 Å². The van der Waals surface area contributed by atoms with Crippen molar-refractivity contribution in [2.45, 2.75) is 0 Å². The number of hydrogen-bond donors (Lipinski definition) is 3. The first-order valence-corrected chi connectivity index (χ1v) is 7.52. The summed E-state index contributed by atoms with van der Waals surface area (Å²) >= 11 is 0. The van der Waals surface area contributed by atoms with Crippen LogP contribution in [0.25, 0.3) is 11.4 Å². The van der Waals surface area contributed by atoms with Crippen molar-refractivity contribution in [2.24, 2.45) is 0 Å². The average Bonchev–Trinajstić information content (AvgIpc) is 3.23. The van der Waals surface area contributed by atoms with Gasteiger partial charge >= 0.3 is 5.97 Å². The fourth-order valence-corrected chi connectivity index (χ4v) is 2.91. The molecule has 1 aromatic carbocycles. The van der Waals surface area contributed by atoms with Gasteiger partial charge in [0.25, 0.3) is 17.4 Å². The van der Waals surface area contributed by atoms with Crippen LogP contribution in [0, 0.1) is 0 Å². The van der Waals surface area contributed by atoms with Crippen LogP contribution < -0.4 is 16.6 Å². The fraction of sp³-hybridized carbons (Fsp3) is 0. The number of nitrogens with one attached hydrogen (secondary N) is 1. The first-order valence-electron chi connectivity index (χ1n) is 7.52. The molecular weight excluding hydrogens is 356 g/mol. The molecule has 3 aromatic rings. The molecule has 1 aliphatic rings. The Morgan fingerprint density at radius 1 is 1.07 bits per heavy atom. The number of anilines is 1. The Morgan fingerprint density at radius 2 is 1.78 bits per heavy atom. The molecular formula is C16H10N6O5. The van der Waals surface area contributed by atoms with Gasteiger partial charge in [-0.05, 0) is 18.2 Å². The maximum Gasteiger partial charge on any atom is 0.337 e. The normalized spacial score (nSPS) is 12.7. The number of aromatic carboxylic acids is 1. The molecule has 0 saturated heterocycles. The number of carboxylic acids is 1. The standard InChI is InChI=1S/C16H10N6O5/c17-13-12-9(14(24)20-15(12)25)4-11(23)22(13)10-3-7(21-5-18-19-6-21)1-2-8(10)16(26)27/h1-6H,17H2,(H,26,27)(H,20,24,25). The van der Waals surface area contributed by atoms with Crippen molar-refractivity contribution < 1.29 is 19.5 Å². The van der Waals surface area contributed by atoms with E-state index in [1.807, 2.05) is 0 Å². The summed E-state index contributed by atoms with van der Waals surface area (Å²) < 4.78 is 2.38. The van der Waals surface area contributed by atoms with Gasteiger partial charge in [-0.2, -0.15) is 0 Å². The average molecular weight is 366 g/mol. The Morgan fingerprint density at radius 3 is 2.44 bits per heavy atom. The topological polar surface area (TPSA) is 162 Å². The first-order chi connectivity index (χ1) is 12.9. The molecule has 11 heteroatoms. The van der Waals surface area contributed by atoms with Crippen molar-refractivity contribution in [2.75, 3.05) is 5.73 Å². The second-order valence-corrected chi connectivity index (χ2v) is 5.65. The summed E-state index contributed by atoms with van der Waals surface area (Å²) in [5.41, 5.74) is 5.09. The minimum atomic E-state index is -1.30. The van der Waals surface area contributed by atoms with E-state index in [1.165, 1.54) is 35.4 Å². The second kappa shape index (κ2) is 5.62. The number of amides is 2. The van der Waals surface area contributed by atoms with Crippen LogP contribution in [0.4, 0.5) is 5.82 Å². The molecule has 4 rings (SSSR count). The summed E-state index contributed by atoms with van der Waals surface area (Å²) in [5, 5.41) is 18.9. The van der Waals surface area contributed by atoms with E-state index in [2.05, 4.69) is 15.5 Å². The summed E-state index contributed by atoms with van der Waals surface area (Å²) in [5.74, 6) is -3.12. The van der Waals surface area contributed by atoms with Crippen molar-refractivity contribution in [3.05, 3.63) is 64.0 Å². The number of pyridine rings is 1. The third-order valence-corrected chi connectivity index (χ3v) is 4.12. The quantitative estimate of drug-likeness (QED) is 0.526. The molecule has 4 N–H and O–H groups in total. The highest BCUT2D eigenvalue weighted by Crippen LogP contribution is 2.26. The number of nitrogen functional groups attached to an aromatic ring is 1. The Kier molecular flexibility index (Phi) is 3.37. The van der Waals surface area contributed by atoms with Crippen molar-refractivity contribution in [1.82, 2.24) is 24.6 Å². The molecule has 0 saturated carbocycles. The summed E-state index contributed by atoms with van der Waals surface area (Å²) in [6.07, 6.45) is 2.78. The Hall–Kier alpha value is -4.28. The Labute approximate surface area is 149 Å². The van der Waals surface area contributed by atoms with E-state index in [0.29, 0.717) is 5.69 Å². The van der Waals surface area contributed by atoms with Crippen LogP contribution in [0.15, 0.2) is 41.7 Å². The largest absolute Gasteiger partial charge is 0.478 e. The molecule has 0 atom stereocenters. The van der Waals surface area contributed by atoms with Crippen LogP contribution >= 0.6 is 0 Å². The van der Waals surface area contributed by atoms with E-state index in [0.717, 1.165) is 10.6 Å². The molecule has 0 fully saturated rings. The minimum absolute atomic E-state index is 0.0638. The number of imide groups is 1. The summed E-state index contributed by atoms with van der Waals surface area (Å²) in [4.78, 5) is 48.0. The maximum atomic E-state index is 12.6. The van der Waals surface area contributed by atoms with Gasteiger partial charge in [0.15, 0.2) is 0 Å². The Balaban J connectivity index is 2.04.